The Labute approximate surface area is 212 Å². The van der Waals surface area contributed by atoms with Gasteiger partial charge in [-0.3, -0.25) is 14.5 Å². The van der Waals surface area contributed by atoms with Crippen LogP contribution in [0.1, 0.15) is 38.5 Å². The molecule has 188 valence electrons. The van der Waals surface area contributed by atoms with Gasteiger partial charge >= 0.3 is 5.97 Å². The number of nitrogens with zero attached hydrogens (tertiary/aromatic N) is 4. The van der Waals surface area contributed by atoms with Gasteiger partial charge in [-0.25, -0.2) is 0 Å². The van der Waals surface area contributed by atoms with Crippen LogP contribution in [0, 0.1) is 0 Å². The second kappa shape index (κ2) is 10.8. The zero-order chi connectivity index (χ0) is 25.8. The van der Waals surface area contributed by atoms with Gasteiger partial charge in [0, 0.05) is 24.0 Å². The van der Waals surface area contributed by atoms with E-state index in [9.17, 15) is 9.59 Å². The van der Waals surface area contributed by atoms with E-state index in [1.165, 1.54) is 26.0 Å². The van der Waals surface area contributed by atoms with Crippen LogP contribution in [0.2, 0.25) is 0 Å². The molecule has 0 fully saturated rings. The molecule has 11 heteroatoms. The smallest absolute Gasteiger partial charge is 0.311 e. The summed E-state index contributed by atoms with van der Waals surface area (Å²) in [6.07, 6.45) is 1.28. The minimum atomic E-state index is -0.954. The van der Waals surface area contributed by atoms with Gasteiger partial charge in [-0.15, -0.1) is 10.2 Å². The van der Waals surface area contributed by atoms with Crippen LogP contribution in [-0.4, -0.2) is 47.5 Å². The van der Waals surface area contributed by atoms with Gasteiger partial charge in [-0.2, -0.15) is 4.98 Å². The van der Waals surface area contributed by atoms with Crippen LogP contribution in [0.5, 0.6) is 23.1 Å². The number of methoxy groups -OCH3 is 2. The van der Waals surface area contributed by atoms with Crippen molar-refractivity contribution in [2.75, 3.05) is 25.4 Å². The van der Waals surface area contributed by atoms with Crippen molar-refractivity contribution < 1.29 is 28.5 Å². The highest BCUT2D eigenvalue weighted by Crippen LogP contribution is 2.46. The molecule has 0 saturated carbocycles. The van der Waals surface area contributed by atoms with Crippen molar-refractivity contribution in [3.8, 4) is 34.4 Å². The van der Waals surface area contributed by atoms with Gasteiger partial charge in [0.2, 0.25) is 28.9 Å². The number of benzene rings is 2. The first-order valence-corrected chi connectivity index (χ1v) is 12.5. The molecule has 2 heterocycles. The number of rotatable bonds is 7. The van der Waals surface area contributed by atoms with Crippen molar-refractivity contribution in [2.24, 2.45) is 0 Å². The first-order valence-electron chi connectivity index (χ1n) is 11.3. The number of carbonyl (C=O) groups is 2. The molecule has 0 unspecified atom stereocenters. The van der Waals surface area contributed by atoms with Gasteiger partial charge in [0.1, 0.15) is 0 Å². The Balaban J connectivity index is 1.96. The van der Waals surface area contributed by atoms with Gasteiger partial charge in [-0.05, 0) is 24.5 Å². The van der Waals surface area contributed by atoms with Gasteiger partial charge < -0.3 is 18.9 Å². The van der Waals surface area contributed by atoms with E-state index in [-0.39, 0.29) is 41.9 Å². The van der Waals surface area contributed by atoms with E-state index in [1.54, 1.807) is 30.9 Å². The number of aromatic nitrogens is 3. The molecule has 1 amide bonds. The summed E-state index contributed by atoms with van der Waals surface area (Å²) >= 11 is 1.33. The Morgan fingerprint density at radius 1 is 1.06 bits per heavy atom. The number of carbonyl (C=O) groups excluding carboxylic acids is 2. The Bertz CT molecular complexity index is 1280. The molecule has 1 aromatic heterocycles. The van der Waals surface area contributed by atoms with Crippen LogP contribution < -0.4 is 23.8 Å². The third kappa shape index (κ3) is 4.66. The predicted octanol–water partition coefficient (Wildman–Crippen LogP) is 4.43. The van der Waals surface area contributed by atoms with Crippen LogP contribution in [0.15, 0.2) is 41.6 Å². The summed E-state index contributed by atoms with van der Waals surface area (Å²) in [5.41, 5.74) is 2.21. The maximum atomic E-state index is 13.4. The molecule has 0 bridgehead atoms. The summed E-state index contributed by atoms with van der Waals surface area (Å²) in [6.45, 7) is 3.47. The first-order chi connectivity index (χ1) is 17.4. The number of thioether (sulfide) groups is 1. The molecular formula is C25H26N4O6S. The Hall–Kier alpha value is -3.86. The van der Waals surface area contributed by atoms with Crippen LogP contribution in [0.3, 0.4) is 0 Å². The van der Waals surface area contributed by atoms with E-state index >= 15 is 0 Å². The zero-order valence-electron chi connectivity index (χ0n) is 20.6. The second-order valence-electron chi connectivity index (χ2n) is 7.64. The molecule has 10 nitrogen and oxygen atoms in total. The molecule has 3 aromatic rings. The third-order valence-electron chi connectivity index (χ3n) is 5.54. The highest BCUT2D eigenvalue weighted by atomic mass is 32.2. The van der Waals surface area contributed by atoms with Crippen molar-refractivity contribution in [3.05, 3.63) is 42.0 Å². The number of amides is 1. The topological polar surface area (TPSA) is 113 Å². The minimum absolute atomic E-state index is 0.145. The zero-order valence-corrected chi connectivity index (χ0v) is 21.4. The van der Waals surface area contributed by atoms with Gasteiger partial charge in [0.05, 0.1) is 19.9 Å². The number of fused-ring (bicyclic) bond motifs is 3. The fraction of sp³-hybridized carbons (Fsp3) is 0.320. The van der Waals surface area contributed by atoms with E-state index in [0.717, 1.165) is 0 Å². The molecular weight excluding hydrogens is 484 g/mol. The summed E-state index contributed by atoms with van der Waals surface area (Å²) in [4.78, 5) is 31.5. The largest absolute Gasteiger partial charge is 0.493 e. The molecule has 36 heavy (non-hydrogen) atoms. The van der Waals surface area contributed by atoms with Crippen molar-refractivity contribution in [1.29, 1.82) is 0 Å². The average Bonchev–Trinajstić information content (AvgIpc) is 3.06. The molecule has 0 saturated heterocycles. The lowest BCUT2D eigenvalue weighted by Gasteiger charge is -2.31. The molecule has 4 rings (SSSR count). The molecule has 1 atom stereocenters. The minimum Gasteiger partial charge on any atom is -0.493 e. The van der Waals surface area contributed by atoms with Gasteiger partial charge in [0.25, 0.3) is 0 Å². The molecule has 0 radical (unpaired) electrons. The maximum Gasteiger partial charge on any atom is 0.311 e. The molecule has 1 aliphatic heterocycles. The molecule has 2 aromatic carbocycles. The molecule has 0 spiro atoms. The van der Waals surface area contributed by atoms with E-state index in [0.29, 0.717) is 27.7 Å². The highest BCUT2D eigenvalue weighted by molar-refractivity contribution is 7.98. The Morgan fingerprint density at radius 2 is 1.75 bits per heavy atom. The third-order valence-corrected chi connectivity index (χ3v) is 6.08. The van der Waals surface area contributed by atoms with E-state index in [2.05, 4.69) is 15.2 Å². The lowest BCUT2D eigenvalue weighted by Crippen LogP contribution is -2.37. The SMILES string of the molecule is CCC(=O)Oc1c(OC)cc([C@@H]2Oc3nc(SC)nnc3-c3ccccc3N2C(=O)CC)cc1OC. The van der Waals surface area contributed by atoms with E-state index < -0.39 is 12.2 Å². The van der Waals surface area contributed by atoms with Gasteiger partial charge in [0.15, 0.2) is 17.2 Å². The van der Waals surface area contributed by atoms with Crippen molar-refractivity contribution in [1.82, 2.24) is 15.2 Å². The summed E-state index contributed by atoms with van der Waals surface area (Å²) in [6, 6.07) is 10.7. The fourth-order valence-electron chi connectivity index (χ4n) is 3.79. The summed E-state index contributed by atoms with van der Waals surface area (Å²) < 4.78 is 22.9. The van der Waals surface area contributed by atoms with Crippen LogP contribution in [-0.2, 0) is 9.59 Å². The average molecular weight is 511 g/mol. The van der Waals surface area contributed by atoms with E-state index in [4.69, 9.17) is 18.9 Å². The lowest BCUT2D eigenvalue weighted by molar-refractivity contribution is -0.134. The van der Waals surface area contributed by atoms with Crippen molar-refractivity contribution in [2.45, 2.75) is 38.1 Å². The van der Waals surface area contributed by atoms with Crippen molar-refractivity contribution in [3.63, 3.8) is 0 Å². The number of ether oxygens (including phenoxy) is 4. The predicted molar refractivity (Wildman–Crippen MR) is 134 cm³/mol. The normalized spacial score (nSPS) is 14.1. The highest BCUT2D eigenvalue weighted by Gasteiger charge is 2.36. The molecule has 0 aliphatic carbocycles. The van der Waals surface area contributed by atoms with Gasteiger partial charge in [-0.1, -0.05) is 43.8 Å². The number of para-hydroxylation sites is 1. The quantitative estimate of drug-likeness (QED) is 0.257. The molecule has 1 aliphatic rings. The second-order valence-corrected chi connectivity index (χ2v) is 8.41. The standard InChI is InChI=1S/C25H26N4O6S/c1-6-19(30)29-16-11-9-8-10-15(16)21-23(26-25(36-5)28-27-21)35-24(29)14-12-17(32-3)22(18(13-14)33-4)34-20(31)7-2/h8-13,24H,6-7H2,1-5H3/t24-/m0/s1. The summed E-state index contributed by atoms with van der Waals surface area (Å²) in [5.74, 6) is 0.259. The van der Waals surface area contributed by atoms with Crippen LogP contribution >= 0.6 is 11.8 Å². The lowest BCUT2D eigenvalue weighted by atomic mass is 10.1. The number of hydrogen-bond donors (Lipinski definition) is 0. The monoisotopic (exact) mass is 510 g/mol. The Morgan fingerprint density at radius 3 is 2.36 bits per heavy atom. The number of hydrogen-bond acceptors (Lipinski definition) is 10. The number of esters is 1. The fourth-order valence-corrected chi connectivity index (χ4v) is 4.08. The summed E-state index contributed by atoms with van der Waals surface area (Å²) in [5, 5.41) is 8.96. The Kier molecular flexibility index (Phi) is 7.58. The van der Waals surface area contributed by atoms with E-state index in [1.807, 2.05) is 30.5 Å². The van der Waals surface area contributed by atoms with Crippen molar-refractivity contribution >= 4 is 29.3 Å². The maximum absolute atomic E-state index is 13.4. The molecule has 0 N–H and O–H groups in total. The van der Waals surface area contributed by atoms with Crippen LogP contribution in [0.25, 0.3) is 11.3 Å². The first kappa shape index (κ1) is 25.2. The van der Waals surface area contributed by atoms with Crippen LogP contribution in [0.4, 0.5) is 5.69 Å². The summed E-state index contributed by atoms with van der Waals surface area (Å²) in [7, 11) is 2.91. The number of anilines is 1.